The van der Waals surface area contributed by atoms with Gasteiger partial charge in [0.25, 0.3) is 0 Å². The molecule has 0 aliphatic heterocycles. The molecule has 0 atom stereocenters. The molecular weight excluding hydrogens is 144 g/mol. The Bertz CT molecular complexity index is 256. The molecule has 1 aromatic carbocycles. The molecule has 0 unspecified atom stereocenters. The van der Waals surface area contributed by atoms with Crippen molar-refractivity contribution in [1.82, 2.24) is 0 Å². The number of benzene rings is 1. The molecule has 1 saturated carbocycles. The zero-order valence-electron chi connectivity index (χ0n) is 7.72. The van der Waals surface area contributed by atoms with Gasteiger partial charge in [-0.15, -0.1) is 0 Å². The summed E-state index contributed by atoms with van der Waals surface area (Å²) in [6.07, 6.45) is 5.67. The Morgan fingerprint density at radius 1 is 1.08 bits per heavy atom. The Kier molecular flexibility index (Phi) is 2.16. The summed E-state index contributed by atoms with van der Waals surface area (Å²) in [5.74, 6) is 0.867. The fraction of sp³-hybridized carbons (Fsp3) is 0.500. The van der Waals surface area contributed by atoms with Gasteiger partial charge in [-0.2, -0.15) is 0 Å². The monoisotopic (exact) mass is 160 g/mol. The van der Waals surface area contributed by atoms with Gasteiger partial charge in [0.1, 0.15) is 0 Å². The minimum absolute atomic E-state index is 0.867. The van der Waals surface area contributed by atoms with E-state index < -0.39 is 0 Å². The Hall–Kier alpha value is -0.780. The van der Waals surface area contributed by atoms with Gasteiger partial charge in [0.2, 0.25) is 0 Å². The maximum Gasteiger partial charge on any atom is -0.0159 e. The minimum Gasteiger partial charge on any atom is -0.0620 e. The lowest BCUT2D eigenvalue weighted by atomic mass is 9.94. The van der Waals surface area contributed by atoms with E-state index in [1.165, 1.54) is 31.2 Å². The van der Waals surface area contributed by atoms with Gasteiger partial charge >= 0.3 is 0 Å². The zero-order valence-corrected chi connectivity index (χ0v) is 7.72. The molecule has 0 amide bonds. The highest BCUT2D eigenvalue weighted by molar-refractivity contribution is 5.29. The smallest absolute Gasteiger partial charge is 0.0159 e. The fourth-order valence-electron chi connectivity index (χ4n) is 2.28. The Morgan fingerprint density at radius 2 is 1.75 bits per heavy atom. The van der Waals surface area contributed by atoms with Crippen LogP contribution in [0.25, 0.3) is 0 Å². The molecule has 64 valence electrons. The van der Waals surface area contributed by atoms with E-state index in [-0.39, 0.29) is 0 Å². The predicted octanol–water partition coefficient (Wildman–Crippen LogP) is 3.65. The lowest BCUT2D eigenvalue weighted by Gasteiger charge is -2.11. The van der Waals surface area contributed by atoms with Crippen LogP contribution in [0.5, 0.6) is 0 Å². The molecule has 0 nitrogen and oxygen atoms in total. The molecule has 0 aromatic heterocycles. The third-order valence-electron chi connectivity index (χ3n) is 2.98. The molecule has 0 radical (unpaired) electrons. The summed E-state index contributed by atoms with van der Waals surface area (Å²) in [7, 11) is 0. The maximum atomic E-state index is 2.30. The average Bonchev–Trinajstić information content (AvgIpc) is 2.57. The van der Waals surface area contributed by atoms with Crippen LogP contribution in [0.3, 0.4) is 0 Å². The van der Waals surface area contributed by atoms with Crippen LogP contribution in [0.1, 0.15) is 42.7 Å². The van der Waals surface area contributed by atoms with Crippen molar-refractivity contribution >= 4 is 0 Å². The van der Waals surface area contributed by atoms with E-state index in [0.29, 0.717) is 0 Å². The first-order chi connectivity index (χ1) is 5.88. The van der Waals surface area contributed by atoms with Crippen LogP contribution in [-0.4, -0.2) is 0 Å². The molecule has 0 N–H and O–H groups in total. The third kappa shape index (κ3) is 1.38. The number of rotatable bonds is 1. The van der Waals surface area contributed by atoms with Gasteiger partial charge in [0.05, 0.1) is 0 Å². The van der Waals surface area contributed by atoms with E-state index in [1.807, 2.05) is 0 Å². The molecule has 1 aliphatic carbocycles. The third-order valence-corrected chi connectivity index (χ3v) is 2.98. The van der Waals surface area contributed by atoms with Gasteiger partial charge in [-0.05, 0) is 36.8 Å². The molecule has 12 heavy (non-hydrogen) atoms. The predicted molar refractivity (Wildman–Crippen MR) is 52.4 cm³/mol. The van der Waals surface area contributed by atoms with E-state index in [1.54, 1.807) is 5.56 Å². The average molecular weight is 160 g/mol. The van der Waals surface area contributed by atoms with Crippen LogP contribution in [0.4, 0.5) is 0 Å². The molecule has 0 heteroatoms. The summed E-state index contributed by atoms with van der Waals surface area (Å²) in [6, 6.07) is 8.83. The van der Waals surface area contributed by atoms with Crippen LogP contribution in [-0.2, 0) is 0 Å². The molecule has 0 spiro atoms. The first kappa shape index (κ1) is 7.85. The lowest BCUT2D eigenvalue weighted by molar-refractivity contribution is 0.718. The van der Waals surface area contributed by atoms with Crippen molar-refractivity contribution in [1.29, 1.82) is 0 Å². The quantitative estimate of drug-likeness (QED) is 0.588. The summed E-state index contributed by atoms with van der Waals surface area (Å²) in [6.45, 7) is 2.23. The number of hydrogen-bond acceptors (Lipinski definition) is 0. The Morgan fingerprint density at radius 3 is 2.42 bits per heavy atom. The van der Waals surface area contributed by atoms with Gasteiger partial charge in [-0.25, -0.2) is 0 Å². The van der Waals surface area contributed by atoms with E-state index in [4.69, 9.17) is 0 Å². The lowest BCUT2D eigenvalue weighted by Crippen LogP contribution is -1.94. The molecule has 0 bridgehead atoms. The van der Waals surface area contributed by atoms with Crippen molar-refractivity contribution in [2.24, 2.45) is 0 Å². The zero-order chi connectivity index (χ0) is 8.39. The largest absolute Gasteiger partial charge is 0.0620 e. The normalized spacial score (nSPS) is 18.4. The van der Waals surface area contributed by atoms with Gasteiger partial charge < -0.3 is 0 Å². The Balaban J connectivity index is 2.26. The van der Waals surface area contributed by atoms with Crippen LogP contribution in [0.15, 0.2) is 24.3 Å². The van der Waals surface area contributed by atoms with E-state index in [9.17, 15) is 0 Å². The van der Waals surface area contributed by atoms with Crippen molar-refractivity contribution in [2.75, 3.05) is 0 Å². The SMILES string of the molecule is Cc1ccccc1C1CCCC1. The molecule has 0 saturated heterocycles. The summed E-state index contributed by atoms with van der Waals surface area (Å²) < 4.78 is 0. The summed E-state index contributed by atoms with van der Waals surface area (Å²) >= 11 is 0. The summed E-state index contributed by atoms with van der Waals surface area (Å²) in [4.78, 5) is 0. The van der Waals surface area contributed by atoms with Crippen molar-refractivity contribution in [3.8, 4) is 0 Å². The van der Waals surface area contributed by atoms with Crippen molar-refractivity contribution < 1.29 is 0 Å². The fourth-order valence-corrected chi connectivity index (χ4v) is 2.28. The van der Waals surface area contributed by atoms with Gasteiger partial charge in [-0.1, -0.05) is 37.1 Å². The van der Waals surface area contributed by atoms with Crippen LogP contribution in [0, 0.1) is 6.92 Å². The molecular formula is C12H16. The topological polar surface area (TPSA) is 0 Å². The second-order valence-corrected chi connectivity index (χ2v) is 3.84. The highest BCUT2D eigenvalue weighted by Gasteiger charge is 2.17. The first-order valence-corrected chi connectivity index (χ1v) is 4.93. The number of aryl methyl sites for hydroxylation is 1. The molecule has 1 aromatic rings. The molecule has 1 aliphatic rings. The van der Waals surface area contributed by atoms with Gasteiger partial charge in [-0.3, -0.25) is 0 Å². The Labute approximate surface area is 74.6 Å². The van der Waals surface area contributed by atoms with E-state index in [2.05, 4.69) is 31.2 Å². The maximum absolute atomic E-state index is 2.30. The van der Waals surface area contributed by atoms with E-state index in [0.717, 1.165) is 5.92 Å². The second-order valence-electron chi connectivity index (χ2n) is 3.84. The van der Waals surface area contributed by atoms with Gasteiger partial charge in [0, 0.05) is 0 Å². The number of hydrogen-bond donors (Lipinski definition) is 0. The van der Waals surface area contributed by atoms with Gasteiger partial charge in [0.15, 0.2) is 0 Å². The van der Waals surface area contributed by atoms with Crippen molar-refractivity contribution in [2.45, 2.75) is 38.5 Å². The first-order valence-electron chi connectivity index (χ1n) is 4.93. The molecule has 2 rings (SSSR count). The molecule has 1 fully saturated rings. The van der Waals surface area contributed by atoms with Crippen LogP contribution >= 0.6 is 0 Å². The van der Waals surface area contributed by atoms with E-state index >= 15 is 0 Å². The summed E-state index contributed by atoms with van der Waals surface area (Å²) in [5, 5.41) is 0. The standard InChI is InChI=1S/C12H16/c1-10-6-2-5-9-12(10)11-7-3-4-8-11/h2,5-6,9,11H,3-4,7-8H2,1H3. The van der Waals surface area contributed by atoms with Crippen LogP contribution < -0.4 is 0 Å². The highest BCUT2D eigenvalue weighted by Crippen LogP contribution is 2.35. The highest BCUT2D eigenvalue weighted by atomic mass is 14.2. The van der Waals surface area contributed by atoms with Crippen molar-refractivity contribution in [3.05, 3.63) is 35.4 Å². The minimum atomic E-state index is 0.867. The van der Waals surface area contributed by atoms with Crippen molar-refractivity contribution in [3.63, 3.8) is 0 Å². The molecule has 0 heterocycles. The second kappa shape index (κ2) is 3.30. The summed E-state index contributed by atoms with van der Waals surface area (Å²) in [5.41, 5.74) is 3.07. The van der Waals surface area contributed by atoms with Crippen LogP contribution in [0.2, 0.25) is 0 Å².